The number of aryl methyl sites for hydroxylation is 1. The van der Waals surface area contributed by atoms with Gasteiger partial charge in [0.15, 0.2) is 0 Å². The first-order valence-corrected chi connectivity index (χ1v) is 6.70. The summed E-state index contributed by atoms with van der Waals surface area (Å²) < 4.78 is 0. The summed E-state index contributed by atoms with van der Waals surface area (Å²) in [5.41, 5.74) is 0. The van der Waals surface area contributed by atoms with Gasteiger partial charge in [-0.1, -0.05) is 6.92 Å². The van der Waals surface area contributed by atoms with E-state index in [2.05, 4.69) is 29.4 Å². The number of thiophene rings is 1. The lowest BCUT2D eigenvalue weighted by Gasteiger charge is -2.10. The van der Waals surface area contributed by atoms with Crippen molar-refractivity contribution in [1.29, 1.82) is 0 Å². The molecule has 1 N–H and O–H groups in total. The van der Waals surface area contributed by atoms with E-state index in [0.29, 0.717) is 0 Å². The van der Waals surface area contributed by atoms with E-state index in [-0.39, 0.29) is 6.04 Å². The zero-order chi connectivity index (χ0) is 10.7. The summed E-state index contributed by atoms with van der Waals surface area (Å²) in [4.78, 5) is 7.14. The van der Waals surface area contributed by atoms with Crippen molar-refractivity contribution in [3.8, 4) is 0 Å². The maximum Gasteiger partial charge on any atom is 0.115 e. The van der Waals surface area contributed by atoms with Crippen molar-refractivity contribution in [1.82, 2.24) is 10.3 Å². The van der Waals surface area contributed by atoms with Crippen LogP contribution in [-0.2, 0) is 6.42 Å². The van der Waals surface area contributed by atoms with E-state index in [1.807, 2.05) is 30.0 Å². The molecule has 0 aliphatic carbocycles. The average Bonchev–Trinajstić information content (AvgIpc) is 2.89. The summed E-state index contributed by atoms with van der Waals surface area (Å²) >= 11 is 3.57. The normalized spacial score (nSPS) is 12.9. The highest BCUT2D eigenvalue weighted by molar-refractivity contribution is 7.12. The second-order valence-electron chi connectivity index (χ2n) is 3.25. The third kappa shape index (κ3) is 2.27. The van der Waals surface area contributed by atoms with Crippen molar-refractivity contribution in [2.24, 2.45) is 0 Å². The first-order chi connectivity index (χ1) is 7.35. The number of thiazole rings is 1. The molecule has 0 saturated heterocycles. The largest absolute Gasteiger partial charge is 0.307 e. The van der Waals surface area contributed by atoms with Gasteiger partial charge >= 0.3 is 0 Å². The Morgan fingerprint density at radius 1 is 1.47 bits per heavy atom. The summed E-state index contributed by atoms with van der Waals surface area (Å²) in [5.74, 6) is 0. The molecular weight excluding hydrogens is 224 g/mol. The van der Waals surface area contributed by atoms with Gasteiger partial charge in [-0.25, -0.2) is 4.98 Å². The molecule has 0 aromatic carbocycles. The summed E-state index contributed by atoms with van der Waals surface area (Å²) in [7, 11) is 1.98. The van der Waals surface area contributed by atoms with Gasteiger partial charge in [-0.05, 0) is 25.6 Å². The molecule has 2 nitrogen and oxygen atoms in total. The van der Waals surface area contributed by atoms with Crippen LogP contribution in [0.4, 0.5) is 0 Å². The number of hydrogen-bond acceptors (Lipinski definition) is 4. The van der Waals surface area contributed by atoms with Gasteiger partial charge in [0, 0.05) is 21.3 Å². The van der Waals surface area contributed by atoms with E-state index in [0.717, 1.165) is 11.4 Å². The third-order valence-corrected chi connectivity index (χ3v) is 4.44. The van der Waals surface area contributed by atoms with Crippen LogP contribution in [0.1, 0.15) is 27.7 Å². The Balaban J connectivity index is 2.27. The van der Waals surface area contributed by atoms with E-state index < -0.39 is 0 Å². The smallest absolute Gasteiger partial charge is 0.115 e. The molecule has 1 atom stereocenters. The molecule has 2 heterocycles. The van der Waals surface area contributed by atoms with E-state index in [4.69, 9.17) is 0 Å². The summed E-state index contributed by atoms with van der Waals surface area (Å²) in [6.45, 7) is 2.19. The van der Waals surface area contributed by atoms with Crippen molar-refractivity contribution in [3.63, 3.8) is 0 Å². The molecule has 1 unspecified atom stereocenters. The summed E-state index contributed by atoms with van der Waals surface area (Å²) in [6, 6.07) is 4.67. The molecule has 15 heavy (non-hydrogen) atoms. The van der Waals surface area contributed by atoms with Crippen LogP contribution in [0.2, 0.25) is 0 Å². The highest BCUT2D eigenvalue weighted by Crippen LogP contribution is 2.29. The van der Waals surface area contributed by atoms with Gasteiger partial charge in [0.05, 0.1) is 6.04 Å². The molecule has 80 valence electrons. The molecule has 0 aliphatic rings. The number of aromatic nitrogens is 1. The number of rotatable bonds is 4. The molecular formula is C11H14N2S2. The van der Waals surface area contributed by atoms with E-state index in [9.17, 15) is 0 Å². The first kappa shape index (κ1) is 10.8. The molecule has 0 spiro atoms. The topological polar surface area (TPSA) is 24.9 Å². The molecule has 4 heteroatoms. The zero-order valence-corrected chi connectivity index (χ0v) is 10.5. The molecule has 0 radical (unpaired) electrons. The van der Waals surface area contributed by atoms with E-state index >= 15 is 0 Å². The van der Waals surface area contributed by atoms with Gasteiger partial charge in [0.25, 0.3) is 0 Å². The van der Waals surface area contributed by atoms with Crippen LogP contribution in [0, 0.1) is 0 Å². The van der Waals surface area contributed by atoms with E-state index in [1.165, 1.54) is 9.75 Å². The van der Waals surface area contributed by atoms with Crippen LogP contribution < -0.4 is 5.32 Å². The lowest BCUT2D eigenvalue weighted by molar-refractivity contribution is 0.698. The zero-order valence-electron chi connectivity index (χ0n) is 8.86. The third-order valence-electron chi connectivity index (χ3n) is 2.30. The molecule has 0 saturated carbocycles. The Labute approximate surface area is 98.0 Å². The van der Waals surface area contributed by atoms with Crippen molar-refractivity contribution in [3.05, 3.63) is 38.5 Å². The molecule has 0 amide bonds. The standard InChI is InChI=1S/C11H14N2S2/c1-3-8-4-5-9(15-8)10(12-2)11-13-6-7-14-11/h4-7,10,12H,3H2,1-2H3. The SMILES string of the molecule is CCc1ccc(C(NC)c2nccs2)s1. The van der Waals surface area contributed by atoms with Gasteiger partial charge in [0.2, 0.25) is 0 Å². The lowest BCUT2D eigenvalue weighted by Crippen LogP contribution is -2.15. The Morgan fingerprint density at radius 2 is 2.33 bits per heavy atom. The Hall–Kier alpha value is -0.710. The Bertz CT molecular complexity index is 406. The summed E-state index contributed by atoms with van der Waals surface area (Å²) in [5, 5.41) is 6.48. The first-order valence-electron chi connectivity index (χ1n) is 5.00. The second-order valence-corrected chi connectivity index (χ2v) is 5.38. The molecule has 2 aromatic rings. The van der Waals surface area contributed by atoms with Crippen molar-refractivity contribution < 1.29 is 0 Å². The highest BCUT2D eigenvalue weighted by atomic mass is 32.1. The second kappa shape index (κ2) is 4.88. The van der Waals surface area contributed by atoms with Crippen molar-refractivity contribution in [2.75, 3.05) is 7.05 Å². The minimum Gasteiger partial charge on any atom is -0.307 e. The molecule has 2 aromatic heterocycles. The lowest BCUT2D eigenvalue weighted by atomic mass is 10.2. The monoisotopic (exact) mass is 238 g/mol. The van der Waals surface area contributed by atoms with E-state index in [1.54, 1.807) is 11.3 Å². The fourth-order valence-electron chi connectivity index (χ4n) is 1.50. The predicted octanol–water partition coefficient (Wildman–Crippen LogP) is 3.08. The van der Waals surface area contributed by atoms with Gasteiger partial charge in [0.1, 0.15) is 5.01 Å². The fraction of sp³-hybridized carbons (Fsp3) is 0.364. The van der Waals surface area contributed by atoms with Crippen molar-refractivity contribution >= 4 is 22.7 Å². The average molecular weight is 238 g/mol. The van der Waals surface area contributed by atoms with Crippen LogP contribution in [0.15, 0.2) is 23.7 Å². The minimum atomic E-state index is 0.260. The van der Waals surface area contributed by atoms with Crippen LogP contribution in [0.25, 0.3) is 0 Å². The van der Waals surface area contributed by atoms with Crippen molar-refractivity contribution in [2.45, 2.75) is 19.4 Å². The molecule has 0 bridgehead atoms. The number of hydrogen-bond donors (Lipinski definition) is 1. The van der Waals surface area contributed by atoms with Gasteiger partial charge in [-0.3, -0.25) is 0 Å². The van der Waals surface area contributed by atoms with Gasteiger partial charge in [-0.2, -0.15) is 0 Å². The highest BCUT2D eigenvalue weighted by Gasteiger charge is 2.15. The maximum atomic E-state index is 4.36. The Kier molecular flexibility index (Phi) is 3.51. The van der Waals surface area contributed by atoms with Crippen LogP contribution in [0.3, 0.4) is 0 Å². The number of nitrogens with zero attached hydrogens (tertiary/aromatic N) is 1. The molecule has 0 aliphatic heterocycles. The van der Waals surface area contributed by atoms with Gasteiger partial charge in [-0.15, -0.1) is 22.7 Å². The minimum absolute atomic E-state index is 0.260. The number of nitrogens with one attached hydrogen (secondary N) is 1. The van der Waals surface area contributed by atoms with Crippen LogP contribution >= 0.6 is 22.7 Å². The van der Waals surface area contributed by atoms with Gasteiger partial charge < -0.3 is 5.32 Å². The maximum absolute atomic E-state index is 4.36. The Morgan fingerprint density at radius 3 is 2.87 bits per heavy atom. The van der Waals surface area contributed by atoms with Crippen LogP contribution in [0.5, 0.6) is 0 Å². The predicted molar refractivity (Wildman–Crippen MR) is 66.7 cm³/mol. The summed E-state index contributed by atoms with van der Waals surface area (Å²) in [6.07, 6.45) is 2.97. The fourth-order valence-corrected chi connectivity index (χ4v) is 3.41. The quantitative estimate of drug-likeness (QED) is 0.885. The van der Waals surface area contributed by atoms with Crippen LogP contribution in [-0.4, -0.2) is 12.0 Å². The molecule has 2 rings (SSSR count). The molecule has 0 fully saturated rings.